The maximum Gasteiger partial charge on any atom is 0.339 e. The standard InChI is InChI=1S/C13H10ClN3O2/c1-7-12(13(18)19)8(2)17(16-7)11-4-3-9(6-15)5-10(11)14/h3-5H,1-2H3,(H,18,19). The third-order valence-electron chi connectivity index (χ3n) is 2.81. The number of aryl methyl sites for hydroxylation is 1. The SMILES string of the molecule is Cc1nn(-c2ccc(C#N)cc2Cl)c(C)c1C(=O)O. The van der Waals surface area contributed by atoms with Gasteiger partial charge in [0.05, 0.1) is 33.7 Å². The average Bonchev–Trinajstić information content (AvgIpc) is 2.64. The number of aromatic nitrogens is 2. The highest BCUT2D eigenvalue weighted by atomic mass is 35.5. The van der Waals surface area contributed by atoms with E-state index in [1.54, 1.807) is 26.0 Å². The molecule has 0 amide bonds. The first-order valence-corrected chi connectivity index (χ1v) is 5.83. The van der Waals surface area contributed by atoms with Crippen LogP contribution in [0.15, 0.2) is 18.2 Å². The first-order valence-electron chi connectivity index (χ1n) is 5.45. The number of halogens is 1. The van der Waals surface area contributed by atoms with Crippen LogP contribution >= 0.6 is 11.6 Å². The Morgan fingerprint density at radius 1 is 1.47 bits per heavy atom. The van der Waals surface area contributed by atoms with Crippen molar-refractivity contribution in [3.63, 3.8) is 0 Å². The maximum atomic E-state index is 11.1. The fourth-order valence-electron chi connectivity index (χ4n) is 1.93. The van der Waals surface area contributed by atoms with E-state index in [9.17, 15) is 4.79 Å². The lowest BCUT2D eigenvalue weighted by Gasteiger charge is -2.07. The van der Waals surface area contributed by atoms with Crippen molar-refractivity contribution < 1.29 is 9.90 Å². The van der Waals surface area contributed by atoms with Crippen molar-refractivity contribution in [2.75, 3.05) is 0 Å². The number of benzene rings is 1. The zero-order chi connectivity index (χ0) is 14.2. The van der Waals surface area contributed by atoms with E-state index >= 15 is 0 Å². The minimum absolute atomic E-state index is 0.167. The summed E-state index contributed by atoms with van der Waals surface area (Å²) in [5.74, 6) is -1.02. The lowest BCUT2D eigenvalue weighted by atomic mass is 10.2. The van der Waals surface area contributed by atoms with E-state index in [4.69, 9.17) is 22.0 Å². The molecule has 2 aromatic rings. The number of carbonyl (C=O) groups is 1. The summed E-state index contributed by atoms with van der Waals surface area (Å²) in [7, 11) is 0. The van der Waals surface area contributed by atoms with Gasteiger partial charge in [-0.15, -0.1) is 0 Å². The Bertz CT molecular complexity index is 713. The Hall–Kier alpha value is -2.32. The van der Waals surface area contributed by atoms with Gasteiger partial charge < -0.3 is 5.11 Å². The van der Waals surface area contributed by atoms with Crippen molar-refractivity contribution in [1.29, 1.82) is 5.26 Å². The number of carboxylic acids is 1. The third-order valence-corrected chi connectivity index (χ3v) is 3.11. The van der Waals surface area contributed by atoms with Crippen molar-refractivity contribution in [1.82, 2.24) is 9.78 Å². The van der Waals surface area contributed by atoms with Crippen molar-refractivity contribution in [3.05, 3.63) is 45.7 Å². The van der Waals surface area contributed by atoms with Crippen LogP contribution in [-0.4, -0.2) is 20.9 Å². The number of rotatable bonds is 2. The fourth-order valence-corrected chi connectivity index (χ4v) is 2.20. The zero-order valence-electron chi connectivity index (χ0n) is 10.3. The summed E-state index contributed by atoms with van der Waals surface area (Å²) in [5.41, 5.74) is 2.07. The molecule has 0 radical (unpaired) electrons. The lowest BCUT2D eigenvalue weighted by molar-refractivity contribution is 0.0695. The molecule has 0 spiro atoms. The molecule has 0 bridgehead atoms. The van der Waals surface area contributed by atoms with Crippen molar-refractivity contribution in [2.24, 2.45) is 0 Å². The molecule has 0 aliphatic carbocycles. The number of nitriles is 1. The number of aromatic carboxylic acids is 1. The number of carboxylic acid groups (broad SMARTS) is 1. The Morgan fingerprint density at radius 2 is 2.16 bits per heavy atom. The van der Waals surface area contributed by atoms with Gasteiger partial charge in [0.15, 0.2) is 0 Å². The van der Waals surface area contributed by atoms with Gasteiger partial charge in [-0.1, -0.05) is 11.6 Å². The van der Waals surface area contributed by atoms with Crippen molar-refractivity contribution >= 4 is 17.6 Å². The van der Waals surface area contributed by atoms with E-state index in [2.05, 4.69) is 5.10 Å². The molecule has 1 aromatic heterocycles. The first-order chi connectivity index (χ1) is 8.95. The molecule has 2 rings (SSSR count). The van der Waals surface area contributed by atoms with Gasteiger partial charge in [0.2, 0.25) is 0 Å². The molecule has 1 heterocycles. The largest absolute Gasteiger partial charge is 0.478 e. The molecule has 0 unspecified atom stereocenters. The summed E-state index contributed by atoms with van der Waals surface area (Å²) < 4.78 is 1.47. The van der Waals surface area contributed by atoms with Gasteiger partial charge in [-0.3, -0.25) is 0 Å². The summed E-state index contributed by atoms with van der Waals surface area (Å²) in [6.45, 7) is 3.29. The molecule has 0 atom stereocenters. The monoisotopic (exact) mass is 275 g/mol. The minimum atomic E-state index is -1.02. The van der Waals surface area contributed by atoms with E-state index in [1.807, 2.05) is 6.07 Å². The Balaban J connectivity index is 2.64. The number of hydrogen-bond donors (Lipinski definition) is 1. The molecule has 96 valence electrons. The topological polar surface area (TPSA) is 78.9 Å². The minimum Gasteiger partial charge on any atom is -0.478 e. The molecular formula is C13H10ClN3O2. The molecule has 19 heavy (non-hydrogen) atoms. The average molecular weight is 276 g/mol. The molecule has 1 aromatic carbocycles. The summed E-state index contributed by atoms with van der Waals surface area (Å²) in [4.78, 5) is 11.1. The van der Waals surface area contributed by atoms with E-state index in [-0.39, 0.29) is 5.56 Å². The number of hydrogen-bond acceptors (Lipinski definition) is 3. The fraction of sp³-hybridized carbons (Fsp3) is 0.154. The molecule has 0 saturated carbocycles. The highest BCUT2D eigenvalue weighted by molar-refractivity contribution is 6.32. The predicted octanol–water partition coefficient (Wildman–Crippen LogP) is 2.71. The molecule has 5 nitrogen and oxygen atoms in total. The Labute approximate surface area is 114 Å². The molecule has 1 N–H and O–H groups in total. The van der Waals surface area contributed by atoms with E-state index in [1.165, 1.54) is 10.7 Å². The molecule has 6 heteroatoms. The van der Waals surface area contributed by atoms with Crippen LogP contribution in [0.1, 0.15) is 27.3 Å². The summed E-state index contributed by atoms with van der Waals surface area (Å²) in [5, 5.41) is 22.5. The molecule has 0 fully saturated rings. The Kier molecular flexibility index (Phi) is 3.28. The molecule has 0 aliphatic rings. The maximum absolute atomic E-state index is 11.1. The number of nitrogens with zero attached hydrogens (tertiary/aromatic N) is 3. The highest BCUT2D eigenvalue weighted by Crippen LogP contribution is 2.25. The van der Waals surface area contributed by atoms with Gasteiger partial charge in [0.25, 0.3) is 0 Å². The smallest absolute Gasteiger partial charge is 0.339 e. The van der Waals surface area contributed by atoms with E-state index in [0.717, 1.165) is 0 Å². The van der Waals surface area contributed by atoms with Crippen LogP contribution < -0.4 is 0 Å². The molecule has 0 aliphatic heterocycles. The second-order valence-corrected chi connectivity index (χ2v) is 4.45. The van der Waals surface area contributed by atoms with Crippen LogP contribution in [-0.2, 0) is 0 Å². The van der Waals surface area contributed by atoms with Crippen LogP contribution in [0.25, 0.3) is 5.69 Å². The lowest BCUT2D eigenvalue weighted by Crippen LogP contribution is -2.03. The van der Waals surface area contributed by atoms with Gasteiger partial charge in [0.1, 0.15) is 5.56 Å². The van der Waals surface area contributed by atoms with Crippen LogP contribution in [0.3, 0.4) is 0 Å². The van der Waals surface area contributed by atoms with Crippen molar-refractivity contribution in [2.45, 2.75) is 13.8 Å². The molecular weight excluding hydrogens is 266 g/mol. The van der Waals surface area contributed by atoms with E-state index < -0.39 is 5.97 Å². The van der Waals surface area contributed by atoms with Crippen LogP contribution in [0.4, 0.5) is 0 Å². The summed E-state index contributed by atoms with van der Waals surface area (Å²) in [6.07, 6.45) is 0. The summed E-state index contributed by atoms with van der Waals surface area (Å²) >= 11 is 6.10. The van der Waals surface area contributed by atoms with Crippen LogP contribution in [0.2, 0.25) is 5.02 Å². The normalized spacial score (nSPS) is 10.2. The van der Waals surface area contributed by atoms with Gasteiger partial charge in [-0.05, 0) is 32.0 Å². The quantitative estimate of drug-likeness (QED) is 0.914. The van der Waals surface area contributed by atoms with Gasteiger partial charge >= 0.3 is 5.97 Å². The van der Waals surface area contributed by atoms with Gasteiger partial charge in [0, 0.05) is 0 Å². The van der Waals surface area contributed by atoms with Gasteiger partial charge in [-0.25, -0.2) is 9.48 Å². The summed E-state index contributed by atoms with van der Waals surface area (Å²) in [6, 6.07) is 6.76. The van der Waals surface area contributed by atoms with Gasteiger partial charge in [-0.2, -0.15) is 10.4 Å². The molecule has 0 saturated heterocycles. The highest BCUT2D eigenvalue weighted by Gasteiger charge is 2.19. The second kappa shape index (κ2) is 4.75. The second-order valence-electron chi connectivity index (χ2n) is 4.04. The Morgan fingerprint density at radius 3 is 2.63 bits per heavy atom. The first kappa shape index (κ1) is 13.1. The van der Waals surface area contributed by atoms with Crippen molar-refractivity contribution in [3.8, 4) is 11.8 Å². The zero-order valence-corrected chi connectivity index (χ0v) is 11.1. The third kappa shape index (κ3) is 2.18. The van der Waals surface area contributed by atoms with Crippen LogP contribution in [0, 0.1) is 25.2 Å². The predicted molar refractivity (Wildman–Crippen MR) is 69.7 cm³/mol. The van der Waals surface area contributed by atoms with Crippen LogP contribution in [0.5, 0.6) is 0 Å². The van der Waals surface area contributed by atoms with E-state index in [0.29, 0.717) is 27.7 Å².